The first-order valence-corrected chi connectivity index (χ1v) is 12.6. The number of carbonyl (C=O) groups is 5. The molecule has 3 rings (SSSR count). The summed E-state index contributed by atoms with van der Waals surface area (Å²) in [5.41, 5.74) is 4.66. The van der Waals surface area contributed by atoms with E-state index < -0.39 is 42.3 Å². The van der Waals surface area contributed by atoms with Crippen LogP contribution in [0.3, 0.4) is 0 Å². The van der Waals surface area contributed by atoms with Gasteiger partial charge in [0.2, 0.25) is 17.6 Å². The van der Waals surface area contributed by atoms with Gasteiger partial charge >= 0.3 is 6.09 Å². The van der Waals surface area contributed by atoms with E-state index in [4.69, 9.17) is 10.5 Å². The average Bonchev–Trinajstić information content (AvgIpc) is 3.11. The van der Waals surface area contributed by atoms with Crippen molar-refractivity contribution in [3.63, 3.8) is 0 Å². The number of fused-ring (bicyclic) bond motifs is 1. The van der Waals surface area contributed by atoms with Crippen molar-refractivity contribution in [2.24, 2.45) is 34.3 Å². The molecule has 3 aliphatic rings. The molecule has 1 aliphatic heterocycles. The fourth-order valence-electron chi connectivity index (χ4n) is 5.65. The number of likely N-dealkylation sites (tertiary alicyclic amines) is 1. The van der Waals surface area contributed by atoms with Gasteiger partial charge in [0.05, 0.1) is 13.2 Å². The number of amides is 4. The van der Waals surface area contributed by atoms with Gasteiger partial charge in [0.1, 0.15) is 12.1 Å². The molecular weight excluding hydrogens is 452 g/mol. The zero-order chi connectivity index (χ0) is 26.1. The van der Waals surface area contributed by atoms with Gasteiger partial charge < -0.3 is 26.0 Å². The van der Waals surface area contributed by atoms with E-state index in [1.165, 1.54) is 0 Å². The Hall–Kier alpha value is -2.65. The Bertz CT molecular complexity index is 874. The molecule has 2 saturated carbocycles. The van der Waals surface area contributed by atoms with Gasteiger partial charge in [-0.1, -0.05) is 53.9 Å². The maximum atomic E-state index is 13.9. The molecule has 4 N–H and O–H groups in total. The Morgan fingerprint density at radius 2 is 1.71 bits per heavy atom. The first-order chi connectivity index (χ1) is 16.2. The zero-order valence-corrected chi connectivity index (χ0v) is 21.5. The second kappa shape index (κ2) is 10.1. The number of carbonyl (C=O) groups excluding carboxylic acids is 5. The van der Waals surface area contributed by atoms with E-state index in [1.54, 1.807) is 4.90 Å². The molecule has 4 atom stereocenters. The van der Waals surface area contributed by atoms with Gasteiger partial charge in [-0.05, 0) is 41.4 Å². The highest BCUT2D eigenvalue weighted by Crippen LogP contribution is 2.65. The van der Waals surface area contributed by atoms with E-state index in [9.17, 15) is 24.0 Å². The normalized spacial score (nSPS) is 26.3. The first-order valence-electron chi connectivity index (χ1n) is 12.6. The summed E-state index contributed by atoms with van der Waals surface area (Å²) in [6.45, 7) is 10.1. The second-order valence-electron chi connectivity index (χ2n) is 12.1. The maximum absolute atomic E-state index is 13.9. The molecular formula is C25H40N4O6. The summed E-state index contributed by atoms with van der Waals surface area (Å²) >= 11 is 0. The van der Waals surface area contributed by atoms with Gasteiger partial charge in [-0.25, -0.2) is 4.79 Å². The molecule has 10 heteroatoms. The van der Waals surface area contributed by atoms with Crippen molar-refractivity contribution in [1.82, 2.24) is 15.5 Å². The van der Waals surface area contributed by atoms with Crippen LogP contribution in [0.5, 0.6) is 0 Å². The van der Waals surface area contributed by atoms with Crippen LogP contribution in [0, 0.1) is 28.6 Å². The molecule has 35 heavy (non-hydrogen) atoms. The molecule has 3 fully saturated rings. The summed E-state index contributed by atoms with van der Waals surface area (Å²) in [6.07, 6.45) is 4.03. The van der Waals surface area contributed by atoms with E-state index in [1.807, 2.05) is 20.8 Å². The number of ether oxygens (including phenoxy) is 1. The summed E-state index contributed by atoms with van der Waals surface area (Å²) in [5.74, 6) is -2.75. The minimum atomic E-state index is -1.12. The van der Waals surface area contributed by atoms with E-state index in [-0.39, 0.29) is 41.1 Å². The third kappa shape index (κ3) is 6.13. The quantitative estimate of drug-likeness (QED) is 0.436. The van der Waals surface area contributed by atoms with Crippen LogP contribution in [0.4, 0.5) is 4.79 Å². The Balaban J connectivity index is 1.77. The summed E-state index contributed by atoms with van der Waals surface area (Å²) in [4.78, 5) is 63.9. The van der Waals surface area contributed by atoms with Crippen LogP contribution in [0.25, 0.3) is 0 Å². The van der Waals surface area contributed by atoms with E-state index in [0.29, 0.717) is 6.54 Å². The van der Waals surface area contributed by atoms with E-state index in [0.717, 1.165) is 32.1 Å². The lowest BCUT2D eigenvalue weighted by molar-refractivity contribution is -0.143. The van der Waals surface area contributed by atoms with Crippen molar-refractivity contribution < 1.29 is 28.7 Å². The summed E-state index contributed by atoms with van der Waals surface area (Å²) in [5, 5.41) is 5.30. The maximum Gasteiger partial charge on any atom is 0.407 e. The Kier molecular flexibility index (Phi) is 7.81. The molecule has 1 heterocycles. The molecule has 10 nitrogen and oxygen atoms in total. The first kappa shape index (κ1) is 26.9. The fraction of sp³-hybridized carbons (Fsp3) is 0.800. The van der Waals surface area contributed by atoms with Crippen LogP contribution >= 0.6 is 0 Å². The smallest absolute Gasteiger partial charge is 0.407 e. The summed E-state index contributed by atoms with van der Waals surface area (Å²) in [7, 11) is 0. The lowest BCUT2D eigenvalue weighted by Crippen LogP contribution is -2.58. The predicted octanol–water partition coefficient (Wildman–Crippen LogP) is 1.36. The molecule has 196 valence electrons. The largest absolute Gasteiger partial charge is 0.449 e. The van der Waals surface area contributed by atoms with Crippen LogP contribution in [-0.4, -0.2) is 66.3 Å². The number of nitrogens with one attached hydrogen (secondary N) is 2. The molecule has 0 spiro atoms. The standard InChI is InChI=1S/C25H40N4O6/c1-24(2,3)13-35-23(34)28-18(14-9-7-6-8-10-14)22(33)29-12-15-17(25(15,4)5)19(29)21(32)27-11-16(30)20(26)31/h14-15,17-19H,6-13H2,1-5H3,(H2,26,31)(H,27,32)(H,28,34)/t15-,17-,18-,19-/m0/s1. The molecule has 0 aromatic heterocycles. The van der Waals surface area contributed by atoms with Gasteiger partial charge in [-0.3, -0.25) is 19.2 Å². The van der Waals surface area contributed by atoms with Gasteiger partial charge in [0.15, 0.2) is 0 Å². The highest BCUT2D eigenvalue weighted by Gasteiger charge is 2.69. The molecule has 0 bridgehead atoms. The molecule has 0 aromatic rings. The van der Waals surface area contributed by atoms with Gasteiger partial charge in [-0.15, -0.1) is 0 Å². The van der Waals surface area contributed by atoms with Crippen LogP contribution < -0.4 is 16.4 Å². The fourth-order valence-corrected chi connectivity index (χ4v) is 5.65. The van der Waals surface area contributed by atoms with Crippen LogP contribution in [-0.2, 0) is 23.9 Å². The molecule has 0 radical (unpaired) electrons. The van der Waals surface area contributed by atoms with Crippen LogP contribution in [0.15, 0.2) is 0 Å². The molecule has 2 aliphatic carbocycles. The number of alkyl carbamates (subject to hydrolysis) is 1. The van der Waals surface area contributed by atoms with Crippen molar-refractivity contribution >= 4 is 29.6 Å². The Morgan fingerprint density at radius 1 is 1.09 bits per heavy atom. The molecule has 1 saturated heterocycles. The zero-order valence-electron chi connectivity index (χ0n) is 21.5. The third-order valence-electron chi connectivity index (χ3n) is 7.76. The number of nitrogens with zero attached hydrogens (tertiary/aromatic N) is 1. The number of nitrogens with two attached hydrogens (primary N) is 1. The lowest BCUT2D eigenvalue weighted by Gasteiger charge is -2.36. The lowest BCUT2D eigenvalue weighted by atomic mass is 9.83. The van der Waals surface area contributed by atoms with Gasteiger partial charge in [0.25, 0.3) is 5.91 Å². The van der Waals surface area contributed by atoms with Crippen molar-refractivity contribution in [2.75, 3.05) is 19.7 Å². The average molecular weight is 493 g/mol. The molecule has 0 aromatic carbocycles. The number of hydrogen-bond acceptors (Lipinski definition) is 6. The molecule has 0 unspecified atom stereocenters. The summed E-state index contributed by atoms with van der Waals surface area (Å²) < 4.78 is 5.38. The predicted molar refractivity (Wildman–Crippen MR) is 128 cm³/mol. The van der Waals surface area contributed by atoms with Gasteiger partial charge in [0, 0.05) is 6.54 Å². The number of ketones is 1. The number of piperidine rings is 1. The SMILES string of the molecule is CC(C)(C)COC(=O)N[C@H](C(=O)N1C[C@H]2[C@@H]([C@H]1C(=O)NCC(=O)C(N)=O)C2(C)C)C1CCCCC1. The number of Topliss-reactive ketones (excluding diaryl/α,β-unsaturated/α-hetero) is 1. The Labute approximate surface area is 207 Å². The van der Waals surface area contributed by atoms with Crippen LogP contribution in [0.2, 0.25) is 0 Å². The minimum absolute atomic E-state index is 0.0384. The second-order valence-corrected chi connectivity index (χ2v) is 12.1. The number of rotatable bonds is 8. The topological polar surface area (TPSA) is 148 Å². The van der Waals surface area contributed by atoms with Crippen molar-refractivity contribution in [1.29, 1.82) is 0 Å². The minimum Gasteiger partial charge on any atom is -0.449 e. The Morgan fingerprint density at radius 3 is 2.29 bits per heavy atom. The van der Waals surface area contributed by atoms with Crippen LogP contribution in [0.1, 0.15) is 66.7 Å². The van der Waals surface area contributed by atoms with Crippen molar-refractivity contribution in [2.45, 2.75) is 78.8 Å². The monoisotopic (exact) mass is 492 g/mol. The van der Waals surface area contributed by atoms with Gasteiger partial charge in [-0.2, -0.15) is 0 Å². The number of primary amides is 1. The summed E-state index contributed by atoms with van der Waals surface area (Å²) in [6, 6.07) is -1.56. The highest BCUT2D eigenvalue weighted by molar-refractivity contribution is 6.36. The molecule has 4 amide bonds. The van der Waals surface area contributed by atoms with Crippen molar-refractivity contribution in [3.05, 3.63) is 0 Å². The van der Waals surface area contributed by atoms with E-state index >= 15 is 0 Å². The number of hydrogen-bond donors (Lipinski definition) is 3. The third-order valence-corrected chi connectivity index (χ3v) is 7.76. The van der Waals surface area contributed by atoms with E-state index in [2.05, 4.69) is 24.5 Å². The highest BCUT2D eigenvalue weighted by atomic mass is 16.5. The van der Waals surface area contributed by atoms with Crippen molar-refractivity contribution in [3.8, 4) is 0 Å².